The Kier molecular flexibility index (Phi) is 5.20. The summed E-state index contributed by atoms with van der Waals surface area (Å²) in [6, 6.07) is -0.337. The van der Waals surface area contributed by atoms with Crippen molar-refractivity contribution in [1.29, 1.82) is 0 Å². The summed E-state index contributed by atoms with van der Waals surface area (Å²) < 4.78 is 28.8. The van der Waals surface area contributed by atoms with Gasteiger partial charge in [0.2, 0.25) is 5.91 Å². The average Bonchev–Trinajstić information content (AvgIpc) is 2.38. The molecule has 1 unspecified atom stereocenters. The van der Waals surface area contributed by atoms with Gasteiger partial charge in [-0.15, -0.1) is 0 Å². The molecule has 0 aliphatic carbocycles. The molecule has 0 radical (unpaired) electrons. The molecule has 2 aliphatic heterocycles. The maximum atomic E-state index is 14.4. The van der Waals surface area contributed by atoms with E-state index in [1.54, 1.807) is 0 Å². The summed E-state index contributed by atoms with van der Waals surface area (Å²) in [6.07, 6.45) is 2.05. The second-order valence-electron chi connectivity index (χ2n) is 6.64. The maximum Gasteiger partial charge on any atom is 0.275 e. The number of nitrogens with zero attached hydrogens (tertiary/aromatic N) is 2. The van der Waals surface area contributed by atoms with Gasteiger partial charge in [-0.05, 0) is 33.1 Å². The molecule has 0 aromatic heterocycles. The third-order valence-corrected chi connectivity index (χ3v) is 4.70. The lowest BCUT2D eigenvalue weighted by molar-refractivity contribution is -0.137. The van der Waals surface area contributed by atoms with Crippen molar-refractivity contribution >= 4 is 5.91 Å². The van der Waals surface area contributed by atoms with E-state index < -0.39 is 12.0 Å². The number of nitrogens with one attached hydrogen (secondary N) is 1. The van der Waals surface area contributed by atoms with Crippen molar-refractivity contribution < 1.29 is 13.6 Å². The van der Waals surface area contributed by atoms with Gasteiger partial charge < -0.3 is 5.32 Å². The molecule has 2 saturated heterocycles. The van der Waals surface area contributed by atoms with E-state index >= 15 is 0 Å². The van der Waals surface area contributed by atoms with Crippen molar-refractivity contribution in [3.8, 4) is 0 Å². The molecular weight excluding hydrogens is 276 g/mol. The Bertz CT molecular complexity index is 368. The lowest BCUT2D eigenvalue weighted by Gasteiger charge is -2.46. The van der Waals surface area contributed by atoms with Crippen LogP contribution in [0.5, 0.6) is 0 Å². The fourth-order valence-corrected chi connectivity index (χ4v) is 3.49. The average molecular weight is 303 g/mol. The van der Waals surface area contributed by atoms with E-state index in [1.165, 1.54) is 6.92 Å². The molecule has 2 aliphatic rings. The second kappa shape index (κ2) is 6.57. The molecule has 122 valence electrons. The van der Waals surface area contributed by atoms with Gasteiger partial charge in [0.1, 0.15) is 0 Å². The molecule has 0 spiro atoms. The first kappa shape index (κ1) is 16.6. The SMILES string of the molecule is CC(=O)NC1CCN(C2CCN(C(C)C)CC2(F)F)CC1. The van der Waals surface area contributed by atoms with Crippen molar-refractivity contribution in [3.63, 3.8) is 0 Å². The fourth-order valence-electron chi connectivity index (χ4n) is 3.49. The fraction of sp³-hybridized carbons (Fsp3) is 0.933. The van der Waals surface area contributed by atoms with Crippen LogP contribution in [0.2, 0.25) is 0 Å². The largest absolute Gasteiger partial charge is 0.354 e. The van der Waals surface area contributed by atoms with Crippen molar-refractivity contribution in [2.45, 2.75) is 64.1 Å². The summed E-state index contributed by atoms with van der Waals surface area (Å²) in [6.45, 7) is 7.33. The van der Waals surface area contributed by atoms with E-state index in [0.29, 0.717) is 19.5 Å². The normalized spacial score (nSPS) is 28.8. The molecule has 21 heavy (non-hydrogen) atoms. The van der Waals surface area contributed by atoms with Crippen LogP contribution in [0.1, 0.15) is 40.0 Å². The molecule has 2 fully saturated rings. The summed E-state index contributed by atoms with van der Waals surface area (Å²) >= 11 is 0. The number of likely N-dealkylation sites (tertiary alicyclic amines) is 2. The summed E-state index contributed by atoms with van der Waals surface area (Å²) in [4.78, 5) is 14.8. The summed E-state index contributed by atoms with van der Waals surface area (Å²) in [5.74, 6) is -2.69. The number of rotatable bonds is 3. The van der Waals surface area contributed by atoms with E-state index in [4.69, 9.17) is 0 Å². The quantitative estimate of drug-likeness (QED) is 0.862. The smallest absolute Gasteiger partial charge is 0.275 e. The van der Waals surface area contributed by atoms with Gasteiger partial charge in [-0.3, -0.25) is 14.6 Å². The molecule has 1 N–H and O–H groups in total. The molecule has 0 aromatic carbocycles. The Morgan fingerprint density at radius 3 is 2.29 bits per heavy atom. The summed E-state index contributed by atoms with van der Waals surface area (Å²) in [5.41, 5.74) is 0. The highest BCUT2D eigenvalue weighted by atomic mass is 19.3. The highest BCUT2D eigenvalue weighted by molar-refractivity contribution is 5.73. The van der Waals surface area contributed by atoms with E-state index in [9.17, 15) is 13.6 Å². The van der Waals surface area contributed by atoms with Gasteiger partial charge in [-0.1, -0.05) is 0 Å². The first-order valence-electron chi connectivity index (χ1n) is 7.92. The van der Waals surface area contributed by atoms with Crippen LogP contribution in [0.4, 0.5) is 8.78 Å². The molecule has 0 aromatic rings. The first-order valence-corrected chi connectivity index (χ1v) is 7.92. The number of carbonyl (C=O) groups is 1. The zero-order valence-corrected chi connectivity index (χ0v) is 13.2. The Balaban J connectivity index is 1.90. The van der Waals surface area contributed by atoms with Crippen LogP contribution in [0.25, 0.3) is 0 Å². The number of amides is 1. The van der Waals surface area contributed by atoms with Crippen LogP contribution >= 0.6 is 0 Å². The minimum atomic E-state index is -2.65. The molecule has 1 atom stereocenters. The van der Waals surface area contributed by atoms with E-state index in [-0.39, 0.29) is 24.5 Å². The van der Waals surface area contributed by atoms with Gasteiger partial charge in [0, 0.05) is 38.6 Å². The third kappa shape index (κ3) is 4.13. The van der Waals surface area contributed by atoms with E-state index in [0.717, 1.165) is 19.4 Å². The Morgan fingerprint density at radius 1 is 1.19 bits per heavy atom. The van der Waals surface area contributed by atoms with Crippen LogP contribution in [0.15, 0.2) is 0 Å². The lowest BCUT2D eigenvalue weighted by Crippen LogP contribution is -2.61. The monoisotopic (exact) mass is 303 g/mol. The Labute approximate surface area is 125 Å². The van der Waals surface area contributed by atoms with Crippen molar-refractivity contribution in [2.75, 3.05) is 26.2 Å². The van der Waals surface area contributed by atoms with Crippen molar-refractivity contribution in [1.82, 2.24) is 15.1 Å². The lowest BCUT2D eigenvalue weighted by atomic mass is 9.94. The van der Waals surface area contributed by atoms with Gasteiger partial charge >= 0.3 is 0 Å². The third-order valence-electron chi connectivity index (χ3n) is 4.70. The molecular formula is C15H27F2N3O. The molecule has 0 saturated carbocycles. The zero-order valence-electron chi connectivity index (χ0n) is 13.2. The van der Waals surface area contributed by atoms with Crippen molar-refractivity contribution in [3.05, 3.63) is 0 Å². The predicted molar refractivity (Wildman–Crippen MR) is 78.5 cm³/mol. The van der Waals surface area contributed by atoms with Crippen LogP contribution in [0, 0.1) is 0 Å². The minimum absolute atomic E-state index is 0.0379. The number of hydrogen-bond donors (Lipinski definition) is 1. The highest BCUT2D eigenvalue weighted by Gasteiger charge is 2.48. The van der Waals surface area contributed by atoms with E-state index in [1.807, 2.05) is 23.6 Å². The van der Waals surface area contributed by atoms with Gasteiger partial charge in [0.05, 0.1) is 12.6 Å². The van der Waals surface area contributed by atoms with Crippen LogP contribution in [-0.4, -0.2) is 65.9 Å². The standard InChI is InChI=1S/C15H27F2N3O/c1-11(2)20-9-6-14(15(16,17)10-20)19-7-4-13(5-8-19)18-12(3)21/h11,13-14H,4-10H2,1-3H3,(H,18,21). The summed E-state index contributed by atoms with van der Waals surface area (Å²) in [7, 11) is 0. The van der Waals surface area contributed by atoms with Gasteiger partial charge in [-0.2, -0.15) is 0 Å². The summed E-state index contributed by atoms with van der Waals surface area (Å²) in [5, 5.41) is 2.89. The zero-order chi connectivity index (χ0) is 15.6. The number of carbonyl (C=O) groups excluding carboxylic acids is 1. The molecule has 2 heterocycles. The van der Waals surface area contributed by atoms with Gasteiger partial charge in [0.25, 0.3) is 5.92 Å². The van der Waals surface area contributed by atoms with Crippen LogP contribution in [-0.2, 0) is 4.79 Å². The topological polar surface area (TPSA) is 35.6 Å². The number of piperidine rings is 2. The van der Waals surface area contributed by atoms with Gasteiger partial charge in [0.15, 0.2) is 0 Å². The van der Waals surface area contributed by atoms with E-state index in [2.05, 4.69) is 5.32 Å². The molecule has 1 amide bonds. The van der Waals surface area contributed by atoms with Gasteiger partial charge in [-0.25, -0.2) is 8.78 Å². The Hall–Kier alpha value is -0.750. The van der Waals surface area contributed by atoms with Crippen LogP contribution < -0.4 is 5.32 Å². The number of halogens is 2. The highest BCUT2D eigenvalue weighted by Crippen LogP contribution is 2.33. The minimum Gasteiger partial charge on any atom is -0.354 e. The van der Waals surface area contributed by atoms with Crippen molar-refractivity contribution in [2.24, 2.45) is 0 Å². The number of alkyl halides is 2. The predicted octanol–water partition coefficient (Wildman–Crippen LogP) is 1.70. The Morgan fingerprint density at radius 2 is 1.81 bits per heavy atom. The molecule has 4 nitrogen and oxygen atoms in total. The first-order chi connectivity index (χ1) is 9.79. The molecule has 6 heteroatoms. The second-order valence-corrected chi connectivity index (χ2v) is 6.64. The maximum absolute atomic E-state index is 14.4. The van der Waals surface area contributed by atoms with Crippen LogP contribution in [0.3, 0.4) is 0 Å². The molecule has 0 bridgehead atoms. The number of hydrogen-bond acceptors (Lipinski definition) is 3. The molecule has 2 rings (SSSR count).